The van der Waals surface area contributed by atoms with E-state index in [0.717, 1.165) is 0 Å². The molecule has 15 heavy (non-hydrogen) atoms. The average molecular weight is 268 g/mol. The molecule has 2 amide bonds. The highest BCUT2D eigenvalue weighted by atomic mass is 32.1. The van der Waals surface area contributed by atoms with Gasteiger partial charge in [0.15, 0.2) is 0 Å². The molecule has 0 saturated carbocycles. The molecule has 0 fully saturated rings. The molecule has 0 aliphatic rings. The molecule has 0 unspecified atom stereocenters. The Morgan fingerprint density at radius 1 is 1.20 bits per heavy atom. The standard InChI is InChI=1S/C7H13N2O3PS2/c1-5(14)9(6(2)15)7(10)8-13(11-3)12-4/h1-4H3,(H,8,10). The van der Waals surface area contributed by atoms with E-state index in [0.29, 0.717) is 9.98 Å². The Labute approximate surface area is 101 Å². The van der Waals surface area contributed by atoms with Gasteiger partial charge in [0.1, 0.15) is 0 Å². The Morgan fingerprint density at radius 2 is 1.60 bits per heavy atom. The Balaban J connectivity index is 4.52. The van der Waals surface area contributed by atoms with Crippen molar-refractivity contribution < 1.29 is 13.8 Å². The molecule has 0 saturated heterocycles. The summed E-state index contributed by atoms with van der Waals surface area (Å²) >= 11 is 9.80. The lowest BCUT2D eigenvalue weighted by molar-refractivity contribution is 0.235. The third-order valence-corrected chi connectivity index (χ3v) is 2.75. The van der Waals surface area contributed by atoms with Crippen LogP contribution in [0.25, 0.3) is 0 Å². The van der Waals surface area contributed by atoms with Crippen molar-refractivity contribution in [2.24, 2.45) is 0 Å². The van der Waals surface area contributed by atoms with Gasteiger partial charge >= 0.3 is 6.03 Å². The molecule has 0 bridgehead atoms. The number of hydrogen-bond donors (Lipinski definition) is 1. The Kier molecular flexibility index (Phi) is 7.04. The van der Waals surface area contributed by atoms with Gasteiger partial charge in [-0.25, -0.2) is 4.79 Å². The molecule has 0 rings (SSSR count). The third-order valence-electron chi connectivity index (χ3n) is 1.35. The van der Waals surface area contributed by atoms with Gasteiger partial charge in [-0.1, -0.05) is 24.4 Å². The van der Waals surface area contributed by atoms with Crippen LogP contribution in [0.15, 0.2) is 0 Å². The fourth-order valence-electron chi connectivity index (χ4n) is 0.802. The smallest absolute Gasteiger partial charge is 0.321 e. The molecule has 0 aromatic heterocycles. The van der Waals surface area contributed by atoms with Crippen LogP contribution in [-0.4, -0.2) is 35.1 Å². The zero-order valence-electron chi connectivity index (χ0n) is 8.94. The van der Waals surface area contributed by atoms with Crippen molar-refractivity contribution >= 4 is 49.0 Å². The Morgan fingerprint density at radius 3 is 1.87 bits per heavy atom. The minimum absolute atomic E-state index is 0.377. The van der Waals surface area contributed by atoms with Crippen molar-refractivity contribution in [1.29, 1.82) is 0 Å². The number of carbonyl (C=O) groups excluding carboxylic acids is 1. The molecule has 0 atom stereocenters. The van der Waals surface area contributed by atoms with E-state index in [1.165, 1.54) is 19.1 Å². The molecular weight excluding hydrogens is 255 g/mol. The highest BCUT2D eigenvalue weighted by molar-refractivity contribution is 7.81. The maximum atomic E-state index is 11.7. The van der Waals surface area contributed by atoms with Crippen LogP contribution < -0.4 is 5.09 Å². The van der Waals surface area contributed by atoms with Crippen molar-refractivity contribution in [3.63, 3.8) is 0 Å². The highest BCUT2D eigenvalue weighted by Crippen LogP contribution is 2.30. The van der Waals surface area contributed by atoms with Crippen molar-refractivity contribution in [3.05, 3.63) is 0 Å². The molecule has 0 aromatic carbocycles. The van der Waals surface area contributed by atoms with Crippen LogP contribution in [0.2, 0.25) is 0 Å². The summed E-state index contributed by atoms with van der Waals surface area (Å²) < 4.78 is 9.75. The van der Waals surface area contributed by atoms with Gasteiger partial charge in [-0.05, 0) is 13.8 Å². The summed E-state index contributed by atoms with van der Waals surface area (Å²) in [5.41, 5.74) is 0. The predicted octanol–water partition coefficient (Wildman–Crippen LogP) is 2.21. The Bertz CT molecular complexity index is 257. The van der Waals surface area contributed by atoms with E-state index in [1.807, 2.05) is 0 Å². The second-order valence-corrected chi connectivity index (χ2v) is 5.06. The normalized spacial score (nSPS) is 9.93. The summed E-state index contributed by atoms with van der Waals surface area (Å²) in [6, 6.07) is -0.440. The van der Waals surface area contributed by atoms with Crippen LogP contribution in [0.4, 0.5) is 4.79 Å². The van der Waals surface area contributed by atoms with Gasteiger partial charge in [0.2, 0.25) is 0 Å². The number of urea groups is 1. The lowest BCUT2D eigenvalue weighted by atomic mass is 10.5. The van der Waals surface area contributed by atoms with E-state index in [4.69, 9.17) is 33.5 Å². The zero-order valence-corrected chi connectivity index (χ0v) is 11.5. The van der Waals surface area contributed by atoms with Gasteiger partial charge < -0.3 is 9.05 Å². The summed E-state index contributed by atoms with van der Waals surface area (Å²) in [5.74, 6) is 0. The molecular formula is C7H13N2O3PS2. The molecule has 1 N–H and O–H groups in total. The van der Waals surface area contributed by atoms with Crippen LogP contribution in [0, 0.1) is 0 Å². The van der Waals surface area contributed by atoms with Crippen LogP contribution in [0.3, 0.4) is 0 Å². The SMILES string of the molecule is COP(NC(=O)N(C(C)=S)C(C)=S)OC. The molecule has 0 aliphatic carbocycles. The average Bonchev–Trinajstić information content (AvgIpc) is 2.12. The number of nitrogens with one attached hydrogen (secondary N) is 1. The first-order valence-corrected chi connectivity index (χ1v) is 5.93. The van der Waals surface area contributed by atoms with E-state index >= 15 is 0 Å². The molecule has 86 valence electrons. The molecule has 0 radical (unpaired) electrons. The largest absolute Gasteiger partial charge is 0.333 e. The number of thiocarbonyl (C=S) groups is 2. The molecule has 8 heteroatoms. The lowest BCUT2D eigenvalue weighted by Gasteiger charge is -2.22. The van der Waals surface area contributed by atoms with Gasteiger partial charge in [0, 0.05) is 14.2 Å². The Hall–Kier alpha value is -0.200. The molecule has 0 spiro atoms. The zero-order chi connectivity index (χ0) is 12.0. The fourth-order valence-corrected chi connectivity index (χ4v) is 1.89. The van der Waals surface area contributed by atoms with Gasteiger partial charge in [0.25, 0.3) is 8.53 Å². The number of hydrogen-bond acceptors (Lipinski definition) is 5. The number of nitrogens with zero attached hydrogens (tertiary/aromatic N) is 1. The maximum Gasteiger partial charge on any atom is 0.333 e. The van der Waals surface area contributed by atoms with Crippen molar-refractivity contribution in [3.8, 4) is 0 Å². The van der Waals surface area contributed by atoms with Gasteiger partial charge in [0.05, 0.1) is 9.98 Å². The first-order valence-electron chi connectivity index (χ1n) is 3.94. The number of carbonyl (C=O) groups is 1. The quantitative estimate of drug-likeness (QED) is 0.628. The highest BCUT2D eigenvalue weighted by Gasteiger charge is 2.21. The lowest BCUT2D eigenvalue weighted by Crippen LogP contribution is -2.42. The summed E-state index contributed by atoms with van der Waals surface area (Å²) in [6.07, 6.45) is 0. The van der Waals surface area contributed by atoms with E-state index in [2.05, 4.69) is 5.09 Å². The third kappa shape index (κ3) is 4.90. The van der Waals surface area contributed by atoms with Crippen LogP contribution >= 0.6 is 33.0 Å². The second-order valence-electron chi connectivity index (χ2n) is 2.41. The summed E-state index contributed by atoms with van der Waals surface area (Å²) in [6.45, 7) is 3.24. The monoisotopic (exact) mass is 268 g/mol. The molecule has 5 nitrogen and oxygen atoms in total. The topological polar surface area (TPSA) is 50.8 Å². The van der Waals surface area contributed by atoms with Crippen molar-refractivity contribution in [1.82, 2.24) is 9.99 Å². The summed E-state index contributed by atoms with van der Waals surface area (Å²) in [7, 11) is 1.44. The second kappa shape index (κ2) is 7.14. The van der Waals surface area contributed by atoms with E-state index in [9.17, 15) is 4.79 Å². The minimum atomic E-state index is -1.44. The fraction of sp³-hybridized carbons (Fsp3) is 0.571. The summed E-state index contributed by atoms with van der Waals surface area (Å²) in [5, 5.41) is 2.51. The van der Waals surface area contributed by atoms with E-state index in [1.54, 1.807) is 13.8 Å². The van der Waals surface area contributed by atoms with Gasteiger partial charge in [-0.15, -0.1) is 0 Å². The van der Waals surface area contributed by atoms with E-state index in [-0.39, 0.29) is 0 Å². The van der Waals surface area contributed by atoms with Crippen molar-refractivity contribution in [2.45, 2.75) is 13.8 Å². The molecule has 0 heterocycles. The maximum absolute atomic E-state index is 11.7. The van der Waals surface area contributed by atoms with Crippen LogP contribution in [0.1, 0.15) is 13.8 Å². The van der Waals surface area contributed by atoms with E-state index < -0.39 is 14.6 Å². The first-order chi connectivity index (χ1) is 6.93. The minimum Gasteiger partial charge on any atom is -0.321 e. The predicted molar refractivity (Wildman–Crippen MR) is 67.9 cm³/mol. The van der Waals surface area contributed by atoms with Crippen LogP contribution in [0.5, 0.6) is 0 Å². The van der Waals surface area contributed by atoms with Gasteiger partial charge in [-0.2, -0.15) is 0 Å². The van der Waals surface area contributed by atoms with Gasteiger partial charge in [-0.3, -0.25) is 9.99 Å². The molecule has 0 aliphatic heterocycles. The number of amides is 2. The summed E-state index contributed by atoms with van der Waals surface area (Å²) in [4.78, 5) is 13.6. The molecule has 0 aromatic rings. The first kappa shape index (κ1) is 14.8. The van der Waals surface area contributed by atoms with Crippen LogP contribution in [-0.2, 0) is 9.05 Å². The van der Waals surface area contributed by atoms with Crippen molar-refractivity contribution in [2.75, 3.05) is 14.2 Å². The number of rotatable bonds is 3.